The second-order valence-electron chi connectivity index (χ2n) is 6.49. The predicted molar refractivity (Wildman–Crippen MR) is 108 cm³/mol. The van der Waals surface area contributed by atoms with E-state index < -0.39 is 34.3 Å². The first kappa shape index (κ1) is 22.7. The monoisotopic (exact) mass is 452 g/mol. The van der Waals surface area contributed by atoms with Gasteiger partial charge in [0.1, 0.15) is 16.5 Å². The number of halogens is 1. The minimum atomic E-state index is -3.88. The lowest BCUT2D eigenvalue weighted by atomic mass is 10.2. The Morgan fingerprint density at radius 1 is 1.16 bits per heavy atom. The molecule has 1 saturated heterocycles. The fourth-order valence-corrected chi connectivity index (χ4v) is 4.50. The third-order valence-electron chi connectivity index (χ3n) is 4.46. The number of sulfonamides is 1. The first-order chi connectivity index (χ1) is 14.8. The van der Waals surface area contributed by atoms with Crippen molar-refractivity contribution in [2.24, 2.45) is 0 Å². The van der Waals surface area contributed by atoms with Gasteiger partial charge in [0.05, 0.1) is 25.9 Å². The van der Waals surface area contributed by atoms with Crippen molar-refractivity contribution in [3.63, 3.8) is 0 Å². The van der Waals surface area contributed by atoms with Crippen molar-refractivity contribution in [3.05, 3.63) is 53.8 Å². The van der Waals surface area contributed by atoms with Crippen LogP contribution in [0.25, 0.3) is 0 Å². The largest absolute Gasteiger partial charge is 0.495 e. The Morgan fingerprint density at radius 2 is 1.87 bits per heavy atom. The van der Waals surface area contributed by atoms with E-state index in [0.29, 0.717) is 0 Å². The van der Waals surface area contributed by atoms with Crippen LogP contribution < -0.4 is 10.1 Å². The summed E-state index contributed by atoms with van der Waals surface area (Å²) in [7, 11) is -2.54. The number of morpholine rings is 1. The van der Waals surface area contributed by atoms with Gasteiger partial charge in [-0.1, -0.05) is 12.1 Å². The zero-order chi connectivity index (χ0) is 22.4. The average molecular weight is 452 g/mol. The fourth-order valence-electron chi connectivity index (χ4n) is 2.91. The smallest absolute Gasteiger partial charge is 0.341 e. The zero-order valence-corrected chi connectivity index (χ0v) is 17.5. The standard InChI is InChI=1S/C20H21FN2O7S/c1-28-17-7-6-14(12-18(17)31(26,27)23-8-10-29-11-9-23)22-19(24)13-30-20(25)15-4-2-3-5-16(15)21/h2-7,12H,8-11,13H2,1H3,(H,22,24). The molecule has 1 heterocycles. The molecule has 0 spiro atoms. The summed E-state index contributed by atoms with van der Waals surface area (Å²) in [6, 6.07) is 9.35. The highest BCUT2D eigenvalue weighted by Crippen LogP contribution is 2.30. The molecule has 2 aromatic carbocycles. The molecule has 1 fully saturated rings. The number of ether oxygens (including phenoxy) is 3. The number of benzene rings is 2. The molecule has 0 aromatic heterocycles. The summed E-state index contributed by atoms with van der Waals surface area (Å²) in [4.78, 5) is 24.0. The lowest BCUT2D eigenvalue weighted by Crippen LogP contribution is -2.40. The summed E-state index contributed by atoms with van der Waals surface area (Å²) in [6.45, 7) is 0.295. The third-order valence-corrected chi connectivity index (χ3v) is 6.38. The Morgan fingerprint density at radius 3 is 2.55 bits per heavy atom. The van der Waals surface area contributed by atoms with Gasteiger partial charge in [-0.15, -0.1) is 0 Å². The maximum Gasteiger partial charge on any atom is 0.341 e. The molecule has 166 valence electrons. The van der Waals surface area contributed by atoms with Gasteiger partial charge < -0.3 is 19.5 Å². The van der Waals surface area contributed by atoms with Gasteiger partial charge in [-0.2, -0.15) is 4.31 Å². The van der Waals surface area contributed by atoms with Crippen molar-refractivity contribution >= 4 is 27.6 Å². The summed E-state index contributed by atoms with van der Waals surface area (Å²) in [5, 5.41) is 2.46. The van der Waals surface area contributed by atoms with E-state index in [1.165, 1.54) is 47.8 Å². The third kappa shape index (κ3) is 5.37. The van der Waals surface area contributed by atoms with Gasteiger partial charge >= 0.3 is 5.97 Å². The summed E-state index contributed by atoms with van der Waals surface area (Å²) in [5.41, 5.74) is -0.127. The van der Waals surface area contributed by atoms with E-state index in [2.05, 4.69) is 5.32 Å². The van der Waals surface area contributed by atoms with Gasteiger partial charge in [0.2, 0.25) is 10.0 Å². The minimum absolute atomic E-state index is 0.113. The van der Waals surface area contributed by atoms with Crippen LogP contribution in [-0.4, -0.2) is 64.6 Å². The van der Waals surface area contributed by atoms with Crippen LogP contribution in [0.1, 0.15) is 10.4 Å². The van der Waals surface area contributed by atoms with E-state index in [-0.39, 0.29) is 48.2 Å². The Balaban J connectivity index is 1.70. The van der Waals surface area contributed by atoms with Crippen molar-refractivity contribution in [1.29, 1.82) is 0 Å². The van der Waals surface area contributed by atoms with Crippen molar-refractivity contribution in [1.82, 2.24) is 4.31 Å². The van der Waals surface area contributed by atoms with E-state index in [1.807, 2.05) is 0 Å². The SMILES string of the molecule is COc1ccc(NC(=O)COC(=O)c2ccccc2F)cc1S(=O)(=O)N1CCOCC1. The Labute approximate surface area is 178 Å². The van der Waals surface area contributed by atoms with Crippen LogP contribution in [0, 0.1) is 5.82 Å². The summed E-state index contributed by atoms with van der Waals surface area (Å²) in [6.07, 6.45) is 0. The predicted octanol–water partition coefficient (Wildman–Crippen LogP) is 1.65. The molecule has 1 amide bonds. The number of amides is 1. The van der Waals surface area contributed by atoms with Crippen molar-refractivity contribution < 1.29 is 36.6 Å². The maximum atomic E-state index is 13.6. The van der Waals surface area contributed by atoms with Crippen LogP contribution in [0.4, 0.5) is 10.1 Å². The van der Waals surface area contributed by atoms with E-state index in [0.717, 1.165) is 6.07 Å². The Kier molecular flexibility index (Phi) is 7.21. The van der Waals surface area contributed by atoms with Crippen LogP contribution in [0.5, 0.6) is 5.75 Å². The Hall–Kier alpha value is -3.02. The van der Waals surface area contributed by atoms with Crippen molar-refractivity contribution in [3.8, 4) is 5.75 Å². The van der Waals surface area contributed by atoms with Gasteiger partial charge in [-0.3, -0.25) is 4.79 Å². The molecule has 0 radical (unpaired) electrons. The van der Waals surface area contributed by atoms with Gasteiger partial charge in [0.15, 0.2) is 6.61 Å². The number of anilines is 1. The molecule has 0 atom stereocenters. The summed E-state index contributed by atoms with van der Waals surface area (Å²) in [5.74, 6) is -2.35. The van der Waals surface area contributed by atoms with Crippen molar-refractivity contribution in [2.45, 2.75) is 4.90 Å². The lowest BCUT2D eigenvalue weighted by molar-refractivity contribution is -0.119. The molecule has 31 heavy (non-hydrogen) atoms. The normalized spacial score (nSPS) is 14.6. The summed E-state index contributed by atoms with van der Waals surface area (Å²) < 4.78 is 56.0. The second-order valence-corrected chi connectivity index (χ2v) is 8.39. The van der Waals surface area contributed by atoms with Gasteiger partial charge in [-0.05, 0) is 30.3 Å². The molecule has 0 unspecified atom stereocenters. The molecule has 9 nitrogen and oxygen atoms in total. The zero-order valence-electron chi connectivity index (χ0n) is 16.7. The minimum Gasteiger partial charge on any atom is -0.495 e. The number of rotatable bonds is 7. The number of methoxy groups -OCH3 is 1. The molecule has 0 saturated carbocycles. The van der Waals surface area contributed by atoms with Gasteiger partial charge in [0, 0.05) is 18.8 Å². The average Bonchev–Trinajstić information content (AvgIpc) is 2.78. The van der Waals surface area contributed by atoms with Gasteiger partial charge in [0.25, 0.3) is 5.91 Å². The molecule has 1 N–H and O–H groups in total. The number of hydrogen-bond acceptors (Lipinski definition) is 7. The van der Waals surface area contributed by atoms with E-state index in [9.17, 15) is 22.4 Å². The van der Waals surface area contributed by atoms with E-state index >= 15 is 0 Å². The van der Waals surface area contributed by atoms with Crippen LogP contribution in [0.2, 0.25) is 0 Å². The quantitative estimate of drug-likeness (QED) is 0.636. The van der Waals surface area contributed by atoms with E-state index in [1.54, 1.807) is 0 Å². The molecular weight excluding hydrogens is 431 g/mol. The number of hydrogen-bond donors (Lipinski definition) is 1. The fraction of sp³-hybridized carbons (Fsp3) is 0.300. The topological polar surface area (TPSA) is 111 Å². The molecule has 0 aliphatic carbocycles. The van der Waals surface area contributed by atoms with Crippen LogP contribution in [0.3, 0.4) is 0 Å². The lowest BCUT2D eigenvalue weighted by Gasteiger charge is -2.26. The van der Waals surface area contributed by atoms with Crippen molar-refractivity contribution in [2.75, 3.05) is 45.3 Å². The maximum absolute atomic E-state index is 13.6. The molecule has 3 rings (SSSR count). The first-order valence-electron chi connectivity index (χ1n) is 9.30. The number of carbonyl (C=O) groups excluding carboxylic acids is 2. The van der Waals surface area contributed by atoms with E-state index in [4.69, 9.17) is 14.2 Å². The number of carbonyl (C=O) groups is 2. The highest BCUT2D eigenvalue weighted by Gasteiger charge is 2.29. The number of nitrogens with zero attached hydrogens (tertiary/aromatic N) is 1. The molecule has 0 bridgehead atoms. The first-order valence-corrected chi connectivity index (χ1v) is 10.7. The highest BCUT2D eigenvalue weighted by molar-refractivity contribution is 7.89. The summed E-state index contributed by atoms with van der Waals surface area (Å²) >= 11 is 0. The molecular formula is C20H21FN2O7S. The Bertz CT molecular complexity index is 1070. The number of nitrogens with one attached hydrogen (secondary N) is 1. The molecule has 1 aliphatic rings. The van der Waals surface area contributed by atoms with Crippen LogP contribution in [0.15, 0.2) is 47.4 Å². The van der Waals surface area contributed by atoms with Gasteiger partial charge in [-0.25, -0.2) is 17.6 Å². The highest BCUT2D eigenvalue weighted by atomic mass is 32.2. The van der Waals surface area contributed by atoms with Crippen LogP contribution in [-0.2, 0) is 24.3 Å². The van der Waals surface area contributed by atoms with Crippen LogP contribution >= 0.6 is 0 Å². The second kappa shape index (κ2) is 9.86. The number of esters is 1. The molecule has 2 aromatic rings. The molecule has 11 heteroatoms. The molecule has 1 aliphatic heterocycles.